The van der Waals surface area contributed by atoms with E-state index in [2.05, 4.69) is 9.97 Å². The largest absolute Gasteiger partial charge is 0.508 e. The first-order valence-corrected chi connectivity index (χ1v) is 6.28. The van der Waals surface area contributed by atoms with Crippen molar-refractivity contribution < 1.29 is 9.50 Å². The third-order valence-corrected chi connectivity index (χ3v) is 2.97. The third-order valence-electron chi connectivity index (χ3n) is 2.97. The Hall–Kier alpha value is -2.95. The molecule has 2 N–H and O–H groups in total. The molecule has 21 heavy (non-hydrogen) atoms. The topological polar surface area (TPSA) is 66.0 Å². The summed E-state index contributed by atoms with van der Waals surface area (Å²) in [7, 11) is 0. The molecule has 0 aliphatic carbocycles. The van der Waals surface area contributed by atoms with Gasteiger partial charge in [0, 0.05) is 23.3 Å². The lowest BCUT2D eigenvalue weighted by molar-refractivity contribution is 0.469. The first kappa shape index (κ1) is 13.1. The molecule has 0 aliphatic heterocycles. The number of hydrogen-bond acceptors (Lipinski definition) is 3. The van der Waals surface area contributed by atoms with Crippen LogP contribution < -0.4 is 5.56 Å². The zero-order valence-corrected chi connectivity index (χ0v) is 10.9. The maximum absolute atomic E-state index is 13.4. The lowest BCUT2D eigenvalue weighted by atomic mass is 10.1. The van der Waals surface area contributed by atoms with Crippen molar-refractivity contribution in [2.24, 2.45) is 0 Å². The van der Waals surface area contributed by atoms with Gasteiger partial charge in [0.2, 0.25) is 0 Å². The number of nitrogens with one attached hydrogen (secondary N) is 1. The summed E-state index contributed by atoms with van der Waals surface area (Å²) in [6.07, 6.45) is 0. The maximum atomic E-state index is 13.4. The van der Waals surface area contributed by atoms with Crippen LogP contribution in [0.3, 0.4) is 0 Å². The number of aromatic nitrogens is 2. The van der Waals surface area contributed by atoms with Gasteiger partial charge in [0.1, 0.15) is 17.4 Å². The monoisotopic (exact) mass is 282 g/mol. The summed E-state index contributed by atoms with van der Waals surface area (Å²) in [4.78, 5) is 18.6. The number of aromatic amines is 1. The molecule has 104 valence electrons. The Bertz CT molecular complexity index is 824. The summed E-state index contributed by atoms with van der Waals surface area (Å²) in [5.74, 6) is -0.619. The maximum Gasteiger partial charge on any atom is 0.251 e. The Balaban J connectivity index is 2.16. The van der Waals surface area contributed by atoms with Crippen molar-refractivity contribution >= 4 is 0 Å². The first-order chi connectivity index (χ1) is 10.1. The number of nitrogens with zero attached hydrogens (tertiary/aromatic N) is 1. The second kappa shape index (κ2) is 5.20. The summed E-state index contributed by atoms with van der Waals surface area (Å²) in [6, 6.07) is 14.1. The van der Waals surface area contributed by atoms with Crippen molar-refractivity contribution in [2.75, 3.05) is 0 Å². The molecule has 0 saturated heterocycles. The van der Waals surface area contributed by atoms with Crippen LogP contribution in [0.4, 0.5) is 4.39 Å². The highest BCUT2D eigenvalue weighted by atomic mass is 19.1. The molecule has 3 rings (SSSR count). The van der Waals surface area contributed by atoms with E-state index < -0.39 is 5.82 Å². The van der Waals surface area contributed by atoms with E-state index in [9.17, 15) is 14.3 Å². The number of halogens is 1. The molecule has 1 heterocycles. The molecule has 3 aromatic rings. The van der Waals surface area contributed by atoms with Crippen LogP contribution in [0.25, 0.3) is 22.6 Å². The Kier molecular flexibility index (Phi) is 3.23. The van der Waals surface area contributed by atoms with Crippen molar-refractivity contribution in [2.45, 2.75) is 0 Å². The van der Waals surface area contributed by atoms with E-state index in [1.54, 1.807) is 0 Å². The van der Waals surface area contributed by atoms with Gasteiger partial charge < -0.3 is 10.1 Å². The standard InChI is InChI=1S/C16H11FN2O2/c17-12-6-11(7-13(20)8-12)16-18-14(9-15(21)19-16)10-4-2-1-3-5-10/h1-9,20H,(H,18,19,21). The van der Waals surface area contributed by atoms with Gasteiger partial charge in [-0.05, 0) is 12.1 Å². The van der Waals surface area contributed by atoms with E-state index in [0.29, 0.717) is 11.3 Å². The Labute approximate surface area is 119 Å². The van der Waals surface area contributed by atoms with Gasteiger partial charge in [-0.15, -0.1) is 0 Å². The normalized spacial score (nSPS) is 10.5. The molecule has 2 aromatic carbocycles. The fourth-order valence-electron chi connectivity index (χ4n) is 2.06. The molecular formula is C16H11FN2O2. The molecule has 5 heteroatoms. The second-order valence-electron chi connectivity index (χ2n) is 4.54. The number of rotatable bonds is 2. The van der Waals surface area contributed by atoms with Crippen molar-refractivity contribution in [3.05, 3.63) is 70.8 Å². The second-order valence-corrected chi connectivity index (χ2v) is 4.54. The molecule has 1 aromatic heterocycles. The van der Waals surface area contributed by atoms with Crippen molar-refractivity contribution in [1.82, 2.24) is 9.97 Å². The van der Waals surface area contributed by atoms with Crippen LogP contribution in [0.5, 0.6) is 5.75 Å². The summed E-state index contributed by atoms with van der Waals surface area (Å²) in [6.45, 7) is 0. The van der Waals surface area contributed by atoms with Gasteiger partial charge in [0.05, 0.1) is 5.69 Å². The molecule has 0 aliphatic rings. The van der Waals surface area contributed by atoms with E-state index in [0.717, 1.165) is 11.6 Å². The predicted molar refractivity (Wildman–Crippen MR) is 77.4 cm³/mol. The highest BCUT2D eigenvalue weighted by Crippen LogP contribution is 2.23. The van der Waals surface area contributed by atoms with E-state index in [1.807, 2.05) is 30.3 Å². The van der Waals surface area contributed by atoms with Crippen molar-refractivity contribution in [1.29, 1.82) is 0 Å². The van der Waals surface area contributed by atoms with Crippen LogP contribution in [0, 0.1) is 5.82 Å². The smallest absolute Gasteiger partial charge is 0.251 e. The number of phenols is 1. The number of hydrogen-bond donors (Lipinski definition) is 2. The molecule has 0 radical (unpaired) electrons. The van der Waals surface area contributed by atoms with Crippen LogP contribution in [-0.2, 0) is 0 Å². The van der Waals surface area contributed by atoms with Crippen molar-refractivity contribution in [3.63, 3.8) is 0 Å². The Morgan fingerprint density at radius 3 is 2.48 bits per heavy atom. The molecule has 0 bridgehead atoms. The molecule has 0 fully saturated rings. The SMILES string of the molecule is O=c1cc(-c2ccccc2)nc(-c2cc(O)cc(F)c2)[nH]1. The van der Waals surface area contributed by atoms with Gasteiger partial charge in [0.15, 0.2) is 0 Å². The van der Waals surface area contributed by atoms with Gasteiger partial charge in [-0.2, -0.15) is 0 Å². The van der Waals surface area contributed by atoms with E-state index >= 15 is 0 Å². The zero-order chi connectivity index (χ0) is 14.8. The lowest BCUT2D eigenvalue weighted by Crippen LogP contribution is -2.08. The zero-order valence-electron chi connectivity index (χ0n) is 10.9. The van der Waals surface area contributed by atoms with Gasteiger partial charge in [-0.1, -0.05) is 30.3 Å². The summed E-state index contributed by atoms with van der Waals surface area (Å²) in [5, 5.41) is 9.45. The highest BCUT2D eigenvalue weighted by molar-refractivity contribution is 5.64. The third kappa shape index (κ3) is 2.81. The van der Waals surface area contributed by atoms with Crippen LogP contribution in [-0.4, -0.2) is 15.1 Å². The number of H-pyrrole nitrogens is 1. The van der Waals surface area contributed by atoms with Crippen LogP contribution in [0.15, 0.2) is 59.4 Å². The van der Waals surface area contributed by atoms with Crippen LogP contribution in [0.1, 0.15) is 0 Å². The van der Waals surface area contributed by atoms with Crippen LogP contribution in [0.2, 0.25) is 0 Å². The van der Waals surface area contributed by atoms with E-state index in [1.165, 1.54) is 18.2 Å². The number of benzene rings is 2. The molecule has 4 nitrogen and oxygen atoms in total. The van der Waals surface area contributed by atoms with Gasteiger partial charge in [-0.25, -0.2) is 9.37 Å². The molecule has 0 amide bonds. The average Bonchev–Trinajstić information content (AvgIpc) is 2.46. The van der Waals surface area contributed by atoms with Crippen LogP contribution >= 0.6 is 0 Å². The Morgan fingerprint density at radius 2 is 1.76 bits per heavy atom. The summed E-state index contributed by atoms with van der Waals surface area (Å²) >= 11 is 0. The highest BCUT2D eigenvalue weighted by Gasteiger charge is 2.08. The van der Waals surface area contributed by atoms with Crippen molar-refractivity contribution in [3.8, 4) is 28.4 Å². The van der Waals surface area contributed by atoms with E-state index in [-0.39, 0.29) is 17.1 Å². The quantitative estimate of drug-likeness (QED) is 0.759. The lowest BCUT2D eigenvalue weighted by Gasteiger charge is -2.05. The molecule has 0 saturated carbocycles. The van der Waals surface area contributed by atoms with Gasteiger partial charge >= 0.3 is 0 Å². The fourth-order valence-corrected chi connectivity index (χ4v) is 2.06. The minimum absolute atomic E-state index is 0.205. The summed E-state index contributed by atoms with van der Waals surface area (Å²) in [5.41, 5.74) is 1.23. The summed E-state index contributed by atoms with van der Waals surface area (Å²) < 4.78 is 13.4. The molecule has 0 spiro atoms. The Morgan fingerprint density at radius 1 is 1.00 bits per heavy atom. The molecule has 0 atom stereocenters. The van der Waals surface area contributed by atoms with E-state index in [4.69, 9.17) is 0 Å². The first-order valence-electron chi connectivity index (χ1n) is 6.28. The fraction of sp³-hybridized carbons (Fsp3) is 0. The van der Waals surface area contributed by atoms with Gasteiger partial charge in [0.25, 0.3) is 5.56 Å². The average molecular weight is 282 g/mol. The van der Waals surface area contributed by atoms with Gasteiger partial charge in [-0.3, -0.25) is 4.79 Å². The molecular weight excluding hydrogens is 271 g/mol. The molecule has 0 unspecified atom stereocenters. The minimum Gasteiger partial charge on any atom is -0.508 e. The number of phenolic OH excluding ortho intramolecular Hbond substituents is 1. The minimum atomic E-state index is -0.599. The predicted octanol–water partition coefficient (Wildman–Crippen LogP) is 2.95. The number of aromatic hydroxyl groups is 1.